The van der Waals surface area contributed by atoms with Crippen LogP contribution in [0.15, 0.2) is 48.8 Å². The second-order valence-electron chi connectivity index (χ2n) is 11.8. The Balaban J connectivity index is 1.65. The molecule has 1 aliphatic rings. The quantitative estimate of drug-likeness (QED) is 0.132. The molecule has 2 aromatic carbocycles. The van der Waals surface area contributed by atoms with Gasteiger partial charge in [0.05, 0.1) is 54.6 Å². The van der Waals surface area contributed by atoms with Crippen LogP contribution in [-0.4, -0.2) is 66.6 Å². The minimum atomic E-state index is -5.14. The van der Waals surface area contributed by atoms with E-state index in [1.54, 1.807) is 0 Å². The van der Waals surface area contributed by atoms with Crippen molar-refractivity contribution < 1.29 is 63.7 Å². The number of hydrogen-bond acceptors (Lipinski definition) is 8. The number of benzene rings is 2. The summed E-state index contributed by atoms with van der Waals surface area (Å²) in [6.07, 6.45) is -12.7. The van der Waals surface area contributed by atoms with E-state index in [0.29, 0.717) is 57.0 Å². The van der Waals surface area contributed by atoms with E-state index < -0.39 is 65.9 Å². The SMILES string of the molecule is O=C(O)CCCCNC(=O)OCCc1ccc(C(F)(F)F)cc1CN(Cc1cc(C(F)(F)F)cc(C(F)(F)F)c1)c1ncc(N2CCOCC2)cn1. The molecule has 10 nitrogen and oxygen atoms in total. The number of aliphatic carboxylic acids is 1. The molecule has 0 radical (unpaired) electrons. The van der Waals surface area contributed by atoms with Crippen LogP contribution >= 0.6 is 0 Å². The molecule has 1 saturated heterocycles. The number of hydrogen-bond donors (Lipinski definition) is 2. The van der Waals surface area contributed by atoms with E-state index >= 15 is 0 Å². The summed E-state index contributed by atoms with van der Waals surface area (Å²) in [6.45, 7) is 0.465. The topological polar surface area (TPSA) is 117 Å². The number of carbonyl (C=O) groups excluding carboxylic acids is 1. The van der Waals surface area contributed by atoms with Crippen molar-refractivity contribution in [2.45, 2.75) is 57.3 Å². The van der Waals surface area contributed by atoms with E-state index in [-0.39, 0.29) is 49.1 Å². The highest BCUT2D eigenvalue weighted by atomic mass is 19.4. The summed E-state index contributed by atoms with van der Waals surface area (Å²) in [5.74, 6) is -1.18. The monoisotopic (exact) mass is 751 g/mol. The number of alkyl carbamates (subject to hydrolysis) is 1. The first-order valence-corrected chi connectivity index (χ1v) is 15.9. The van der Waals surface area contributed by atoms with E-state index in [9.17, 15) is 49.1 Å². The van der Waals surface area contributed by atoms with Gasteiger partial charge < -0.3 is 29.7 Å². The predicted molar refractivity (Wildman–Crippen MR) is 167 cm³/mol. The van der Waals surface area contributed by atoms with Gasteiger partial charge in [-0.2, -0.15) is 39.5 Å². The van der Waals surface area contributed by atoms with Gasteiger partial charge in [0.15, 0.2) is 0 Å². The molecule has 52 heavy (non-hydrogen) atoms. The van der Waals surface area contributed by atoms with E-state index in [0.717, 1.165) is 23.1 Å². The normalized spacial score (nSPS) is 13.9. The number of alkyl halides is 9. The third kappa shape index (κ3) is 11.9. The fourth-order valence-electron chi connectivity index (χ4n) is 5.29. The van der Waals surface area contributed by atoms with Crippen molar-refractivity contribution in [2.24, 2.45) is 0 Å². The number of morpholine rings is 1. The van der Waals surface area contributed by atoms with Gasteiger partial charge in [-0.3, -0.25) is 4.79 Å². The van der Waals surface area contributed by atoms with Crippen LogP contribution in [0.5, 0.6) is 0 Å². The molecule has 1 amide bonds. The van der Waals surface area contributed by atoms with Crippen LogP contribution in [0.3, 0.4) is 0 Å². The second kappa shape index (κ2) is 17.1. The Morgan fingerprint density at radius 3 is 2.02 bits per heavy atom. The molecular formula is C33H34F9N5O5. The number of nitrogens with one attached hydrogen (secondary N) is 1. The number of aromatic nitrogens is 2. The number of carbonyl (C=O) groups is 2. The molecule has 3 aromatic rings. The average Bonchev–Trinajstić information content (AvgIpc) is 3.07. The van der Waals surface area contributed by atoms with Gasteiger partial charge in [-0.15, -0.1) is 0 Å². The lowest BCUT2D eigenvalue weighted by molar-refractivity contribution is -0.143. The molecule has 284 valence electrons. The Bertz CT molecular complexity index is 1630. The zero-order valence-electron chi connectivity index (χ0n) is 27.4. The molecule has 4 rings (SSSR count). The van der Waals surface area contributed by atoms with Crippen molar-refractivity contribution >= 4 is 23.7 Å². The number of ether oxygens (including phenoxy) is 2. The van der Waals surface area contributed by atoms with Gasteiger partial charge >= 0.3 is 30.6 Å². The molecule has 0 spiro atoms. The van der Waals surface area contributed by atoms with Gasteiger partial charge in [-0.25, -0.2) is 14.8 Å². The van der Waals surface area contributed by atoms with Crippen molar-refractivity contribution in [3.63, 3.8) is 0 Å². The maximum absolute atomic E-state index is 13.8. The van der Waals surface area contributed by atoms with Crippen LogP contribution in [0.4, 0.5) is 55.9 Å². The second-order valence-corrected chi connectivity index (χ2v) is 11.8. The van der Waals surface area contributed by atoms with Gasteiger partial charge in [0.1, 0.15) is 0 Å². The summed E-state index contributed by atoms with van der Waals surface area (Å²) in [4.78, 5) is 34.3. The summed E-state index contributed by atoms with van der Waals surface area (Å²) >= 11 is 0. The Hall–Kier alpha value is -4.81. The number of unbranched alkanes of at least 4 members (excludes halogenated alkanes) is 1. The van der Waals surface area contributed by atoms with Crippen molar-refractivity contribution in [3.05, 3.63) is 82.2 Å². The Morgan fingerprint density at radius 1 is 0.827 bits per heavy atom. The molecular weight excluding hydrogens is 717 g/mol. The van der Waals surface area contributed by atoms with Crippen LogP contribution in [-0.2, 0) is 52.3 Å². The number of carboxylic acids is 1. The van der Waals surface area contributed by atoms with Crippen LogP contribution in [0.1, 0.15) is 52.6 Å². The molecule has 0 saturated carbocycles. The summed E-state index contributed by atoms with van der Waals surface area (Å²) in [7, 11) is 0. The summed E-state index contributed by atoms with van der Waals surface area (Å²) in [6, 6.07) is 3.73. The zero-order chi connectivity index (χ0) is 38.1. The largest absolute Gasteiger partial charge is 0.481 e. The van der Waals surface area contributed by atoms with Gasteiger partial charge in [-0.1, -0.05) is 6.07 Å². The number of nitrogens with zero attached hydrogens (tertiary/aromatic N) is 4. The minimum Gasteiger partial charge on any atom is -0.481 e. The maximum atomic E-state index is 13.8. The molecule has 2 N–H and O–H groups in total. The molecule has 1 aromatic heterocycles. The Labute approximate surface area is 291 Å². The lowest BCUT2D eigenvalue weighted by Crippen LogP contribution is -2.36. The molecule has 1 fully saturated rings. The number of amides is 1. The van der Waals surface area contributed by atoms with Crippen LogP contribution < -0.4 is 15.1 Å². The van der Waals surface area contributed by atoms with Crippen LogP contribution in [0.2, 0.25) is 0 Å². The van der Waals surface area contributed by atoms with Gasteiger partial charge in [0.2, 0.25) is 5.95 Å². The first kappa shape index (κ1) is 40.0. The van der Waals surface area contributed by atoms with Crippen molar-refractivity contribution in [1.29, 1.82) is 0 Å². The third-order valence-corrected chi connectivity index (χ3v) is 7.89. The minimum absolute atomic E-state index is 0.0292. The third-order valence-electron chi connectivity index (χ3n) is 7.89. The number of anilines is 2. The van der Waals surface area contributed by atoms with Gasteiger partial charge in [-0.05, 0) is 59.9 Å². The summed E-state index contributed by atoms with van der Waals surface area (Å²) in [5, 5.41) is 11.1. The number of rotatable bonds is 14. The molecule has 2 heterocycles. The number of carboxylic acid groups (broad SMARTS) is 1. The van der Waals surface area contributed by atoms with E-state index in [1.807, 2.05) is 4.90 Å². The zero-order valence-corrected chi connectivity index (χ0v) is 27.4. The Morgan fingerprint density at radius 2 is 1.44 bits per heavy atom. The van der Waals surface area contributed by atoms with Crippen molar-refractivity contribution in [1.82, 2.24) is 15.3 Å². The lowest BCUT2D eigenvalue weighted by atomic mass is 10.00. The standard InChI is InChI=1S/C33H34F9N5O5/c34-31(35,36)24-5-4-22(6-10-52-30(50)43-7-2-1-3-28(48)49)23(15-24)20-47(29-44-17-27(18-45-29)46-8-11-51-12-9-46)19-21-13-25(32(37,38)39)16-26(14-21)33(40,41)42/h4-5,13-18H,1-3,6-12,19-20H2,(H,43,50)(H,48,49). The highest BCUT2D eigenvalue weighted by Crippen LogP contribution is 2.37. The highest BCUT2D eigenvalue weighted by Gasteiger charge is 2.37. The van der Waals surface area contributed by atoms with E-state index in [4.69, 9.17) is 14.6 Å². The molecule has 1 aliphatic heterocycles. The summed E-state index contributed by atoms with van der Waals surface area (Å²) < 4.78 is 134. The molecule has 0 atom stereocenters. The predicted octanol–water partition coefficient (Wildman–Crippen LogP) is 7.10. The first-order valence-electron chi connectivity index (χ1n) is 15.9. The van der Waals surface area contributed by atoms with E-state index in [1.165, 1.54) is 12.4 Å². The fraction of sp³-hybridized carbons (Fsp3) is 0.455. The fourth-order valence-corrected chi connectivity index (χ4v) is 5.29. The average molecular weight is 752 g/mol. The smallest absolute Gasteiger partial charge is 0.416 e. The van der Waals surface area contributed by atoms with E-state index in [2.05, 4.69) is 15.3 Å². The molecule has 0 bridgehead atoms. The Kier molecular flexibility index (Phi) is 13.2. The maximum Gasteiger partial charge on any atom is 0.416 e. The van der Waals surface area contributed by atoms with Crippen LogP contribution in [0.25, 0.3) is 0 Å². The van der Waals surface area contributed by atoms with Gasteiger partial charge in [0, 0.05) is 45.6 Å². The van der Waals surface area contributed by atoms with Crippen LogP contribution in [0, 0.1) is 0 Å². The van der Waals surface area contributed by atoms with Crippen molar-refractivity contribution in [2.75, 3.05) is 49.3 Å². The lowest BCUT2D eigenvalue weighted by Gasteiger charge is -2.29. The molecule has 0 unspecified atom stereocenters. The summed E-state index contributed by atoms with van der Waals surface area (Å²) in [5.41, 5.74) is -3.93. The molecule has 19 heteroatoms. The number of halogens is 9. The highest BCUT2D eigenvalue weighted by molar-refractivity contribution is 5.67. The van der Waals surface area contributed by atoms with Crippen molar-refractivity contribution in [3.8, 4) is 0 Å². The molecule has 0 aliphatic carbocycles. The first-order chi connectivity index (χ1) is 24.4. The van der Waals surface area contributed by atoms with Gasteiger partial charge in [0.25, 0.3) is 0 Å².